The maximum Gasteiger partial charge on any atom is 0.326 e. The van der Waals surface area contributed by atoms with Crippen molar-refractivity contribution in [2.75, 3.05) is 25.5 Å². The average molecular weight is 327 g/mol. The van der Waals surface area contributed by atoms with Crippen molar-refractivity contribution in [3.63, 3.8) is 0 Å². The first-order chi connectivity index (χ1) is 11.5. The zero-order valence-electron chi connectivity index (χ0n) is 13.9. The third-order valence-electron chi connectivity index (χ3n) is 4.44. The molecule has 1 aromatic carbocycles. The SMILES string of the molecule is CN(C)c1cc(C(=O)N2CCCC[C@@H]2C(=O)O)c2ccccc2n1. The van der Waals surface area contributed by atoms with Crippen molar-refractivity contribution >= 4 is 28.6 Å². The van der Waals surface area contributed by atoms with Crippen molar-refractivity contribution in [2.45, 2.75) is 25.3 Å². The Labute approximate surface area is 140 Å². The zero-order chi connectivity index (χ0) is 17.3. The first kappa shape index (κ1) is 16.2. The molecule has 2 heterocycles. The molecule has 1 saturated heterocycles. The highest BCUT2D eigenvalue weighted by molar-refractivity contribution is 6.08. The number of fused-ring (bicyclic) bond motifs is 1. The number of carboxylic acid groups (broad SMARTS) is 1. The second-order valence-corrected chi connectivity index (χ2v) is 6.29. The van der Waals surface area contributed by atoms with Gasteiger partial charge in [-0.3, -0.25) is 4.79 Å². The van der Waals surface area contributed by atoms with Crippen LogP contribution in [0, 0.1) is 0 Å². The lowest BCUT2D eigenvalue weighted by Gasteiger charge is -2.33. The van der Waals surface area contributed by atoms with Crippen molar-refractivity contribution in [3.8, 4) is 0 Å². The number of piperidine rings is 1. The van der Waals surface area contributed by atoms with E-state index >= 15 is 0 Å². The number of anilines is 1. The van der Waals surface area contributed by atoms with Crippen molar-refractivity contribution < 1.29 is 14.7 Å². The summed E-state index contributed by atoms with van der Waals surface area (Å²) in [5.41, 5.74) is 1.24. The number of benzene rings is 1. The number of amides is 1. The number of carboxylic acids is 1. The fourth-order valence-corrected chi connectivity index (χ4v) is 3.15. The molecule has 0 unspecified atom stereocenters. The molecule has 1 aliphatic heterocycles. The number of nitrogens with zero attached hydrogens (tertiary/aromatic N) is 3. The summed E-state index contributed by atoms with van der Waals surface area (Å²) in [6.45, 7) is 0.476. The third-order valence-corrected chi connectivity index (χ3v) is 4.44. The lowest BCUT2D eigenvalue weighted by Crippen LogP contribution is -2.48. The van der Waals surface area contributed by atoms with Gasteiger partial charge in [0.2, 0.25) is 0 Å². The number of aromatic nitrogens is 1. The van der Waals surface area contributed by atoms with Gasteiger partial charge < -0.3 is 14.9 Å². The number of pyridine rings is 1. The Hall–Kier alpha value is -2.63. The summed E-state index contributed by atoms with van der Waals surface area (Å²) in [7, 11) is 3.73. The monoisotopic (exact) mass is 327 g/mol. The van der Waals surface area contributed by atoms with Crippen LogP contribution in [0.25, 0.3) is 10.9 Å². The molecule has 0 radical (unpaired) electrons. The summed E-state index contributed by atoms with van der Waals surface area (Å²) in [5.74, 6) is -0.487. The molecular formula is C18H21N3O3. The van der Waals surface area contributed by atoms with Crippen molar-refractivity contribution in [3.05, 3.63) is 35.9 Å². The van der Waals surface area contributed by atoms with Gasteiger partial charge in [0.05, 0.1) is 11.1 Å². The topological polar surface area (TPSA) is 73.7 Å². The van der Waals surface area contributed by atoms with Crippen molar-refractivity contribution in [1.82, 2.24) is 9.88 Å². The molecule has 1 amide bonds. The van der Waals surface area contributed by atoms with Crippen LogP contribution in [0.15, 0.2) is 30.3 Å². The fourth-order valence-electron chi connectivity index (χ4n) is 3.15. The van der Waals surface area contributed by atoms with E-state index < -0.39 is 12.0 Å². The number of carbonyl (C=O) groups is 2. The smallest absolute Gasteiger partial charge is 0.326 e. The Morgan fingerprint density at radius 1 is 1.25 bits per heavy atom. The van der Waals surface area contributed by atoms with Crippen LogP contribution in [0.5, 0.6) is 0 Å². The molecule has 0 saturated carbocycles. The first-order valence-corrected chi connectivity index (χ1v) is 8.10. The van der Waals surface area contributed by atoms with Crippen molar-refractivity contribution in [1.29, 1.82) is 0 Å². The van der Waals surface area contributed by atoms with Gasteiger partial charge >= 0.3 is 5.97 Å². The predicted molar refractivity (Wildman–Crippen MR) is 92.4 cm³/mol. The van der Waals surface area contributed by atoms with E-state index in [0.717, 1.165) is 23.7 Å². The van der Waals surface area contributed by atoms with Gasteiger partial charge in [-0.05, 0) is 31.4 Å². The van der Waals surface area contributed by atoms with Crippen LogP contribution in [-0.4, -0.2) is 53.5 Å². The van der Waals surface area contributed by atoms with E-state index in [1.807, 2.05) is 43.3 Å². The first-order valence-electron chi connectivity index (χ1n) is 8.10. The largest absolute Gasteiger partial charge is 0.480 e. The highest BCUT2D eigenvalue weighted by Crippen LogP contribution is 2.26. The van der Waals surface area contributed by atoms with E-state index in [1.54, 1.807) is 6.07 Å². The van der Waals surface area contributed by atoms with Crippen LogP contribution < -0.4 is 4.90 Å². The Morgan fingerprint density at radius 2 is 2.00 bits per heavy atom. The predicted octanol–water partition coefficient (Wildman–Crippen LogP) is 2.38. The summed E-state index contributed by atoms with van der Waals surface area (Å²) >= 11 is 0. The molecular weight excluding hydrogens is 306 g/mol. The number of aliphatic carboxylic acids is 1. The Bertz CT molecular complexity index is 788. The quantitative estimate of drug-likeness (QED) is 0.937. The van der Waals surface area contributed by atoms with Crippen LogP contribution in [0.4, 0.5) is 5.82 Å². The van der Waals surface area contributed by atoms with E-state index in [4.69, 9.17) is 0 Å². The highest BCUT2D eigenvalue weighted by atomic mass is 16.4. The zero-order valence-corrected chi connectivity index (χ0v) is 13.9. The summed E-state index contributed by atoms with van der Waals surface area (Å²) in [4.78, 5) is 32.5. The summed E-state index contributed by atoms with van der Waals surface area (Å²) in [6, 6.07) is 8.46. The number of rotatable bonds is 3. The lowest BCUT2D eigenvalue weighted by molar-refractivity contribution is -0.143. The Kier molecular flexibility index (Phi) is 4.38. The molecule has 1 fully saturated rings. The van der Waals surface area contributed by atoms with Gasteiger partial charge in [0.1, 0.15) is 11.9 Å². The third kappa shape index (κ3) is 2.91. The van der Waals surface area contributed by atoms with Gasteiger partial charge in [-0.25, -0.2) is 9.78 Å². The molecule has 1 N–H and O–H groups in total. The minimum atomic E-state index is -0.936. The van der Waals surface area contributed by atoms with Crippen LogP contribution in [0.1, 0.15) is 29.6 Å². The second kappa shape index (κ2) is 6.47. The molecule has 1 aromatic heterocycles. The average Bonchev–Trinajstić information content (AvgIpc) is 2.60. The van der Waals surface area contributed by atoms with Gasteiger partial charge in [-0.15, -0.1) is 0 Å². The maximum atomic E-state index is 13.1. The molecule has 6 nitrogen and oxygen atoms in total. The van der Waals surface area contributed by atoms with Gasteiger partial charge in [0.15, 0.2) is 0 Å². The highest BCUT2D eigenvalue weighted by Gasteiger charge is 2.33. The molecule has 126 valence electrons. The van der Waals surface area contributed by atoms with Crippen LogP contribution in [0.3, 0.4) is 0 Å². The van der Waals surface area contributed by atoms with Gasteiger partial charge in [0.25, 0.3) is 5.91 Å². The normalized spacial score (nSPS) is 17.8. The molecule has 2 aromatic rings. The maximum absolute atomic E-state index is 13.1. The van der Waals surface area contributed by atoms with E-state index in [-0.39, 0.29) is 5.91 Å². The number of likely N-dealkylation sites (tertiary alicyclic amines) is 1. The van der Waals surface area contributed by atoms with Crippen LogP contribution in [-0.2, 0) is 4.79 Å². The summed E-state index contributed by atoms with van der Waals surface area (Å²) < 4.78 is 0. The summed E-state index contributed by atoms with van der Waals surface area (Å²) in [5, 5.41) is 10.2. The van der Waals surface area contributed by atoms with Gasteiger partial charge in [0, 0.05) is 26.0 Å². The molecule has 0 aliphatic carbocycles. The van der Waals surface area contributed by atoms with Gasteiger partial charge in [-0.2, -0.15) is 0 Å². The Morgan fingerprint density at radius 3 is 2.71 bits per heavy atom. The fraction of sp³-hybridized carbons (Fsp3) is 0.389. The molecule has 6 heteroatoms. The van der Waals surface area contributed by atoms with Crippen LogP contribution in [0.2, 0.25) is 0 Å². The molecule has 1 aliphatic rings. The van der Waals surface area contributed by atoms with E-state index in [2.05, 4.69) is 4.98 Å². The van der Waals surface area contributed by atoms with Gasteiger partial charge in [-0.1, -0.05) is 18.2 Å². The number of hydrogen-bond acceptors (Lipinski definition) is 4. The van der Waals surface area contributed by atoms with E-state index in [0.29, 0.717) is 24.3 Å². The molecule has 24 heavy (non-hydrogen) atoms. The molecule has 3 rings (SSSR count). The molecule has 1 atom stereocenters. The second-order valence-electron chi connectivity index (χ2n) is 6.29. The lowest BCUT2D eigenvalue weighted by atomic mass is 9.99. The number of para-hydroxylation sites is 1. The minimum Gasteiger partial charge on any atom is -0.480 e. The number of carbonyl (C=O) groups excluding carboxylic acids is 1. The van der Waals surface area contributed by atoms with E-state index in [9.17, 15) is 14.7 Å². The minimum absolute atomic E-state index is 0.233. The summed E-state index contributed by atoms with van der Waals surface area (Å²) in [6.07, 6.45) is 2.17. The van der Waals surface area contributed by atoms with Crippen LogP contribution >= 0.6 is 0 Å². The van der Waals surface area contributed by atoms with E-state index in [1.165, 1.54) is 4.90 Å². The Balaban J connectivity index is 2.10. The molecule has 0 bridgehead atoms. The molecule has 0 spiro atoms. The standard InChI is InChI=1S/C18H21N3O3/c1-20(2)16-11-13(12-7-3-4-8-14(12)19-16)17(22)21-10-6-5-9-15(21)18(23)24/h3-4,7-8,11,15H,5-6,9-10H2,1-2H3,(H,23,24)/t15-/m1/s1. The van der Waals surface area contributed by atoms with Crippen molar-refractivity contribution in [2.24, 2.45) is 0 Å². The number of hydrogen-bond donors (Lipinski definition) is 1.